The van der Waals surface area contributed by atoms with E-state index in [1.807, 2.05) is 13.8 Å². The van der Waals surface area contributed by atoms with E-state index >= 15 is 0 Å². The van der Waals surface area contributed by atoms with Gasteiger partial charge in [0.05, 0.1) is 30.6 Å². The van der Waals surface area contributed by atoms with Crippen molar-refractivity contribution in [1.82, 2.24) is 9.62 Å². The smallest absolute Gasteiger partial charge is 0.216 e. The van der Waals surface area contributed by atoms with Crippen LogP contribution >= 0.6 is 24.0 Å². The number of hydrogen-bond donors (Lipinski definition) is 2. The number of aliphatic imine (C=N–C) groups is 1. The van der Waals surface area contributed by atoms with Crippen LogP contribution in [0.25, 0.3) is 0 Å². The van der Waals surface area contributed by atoms with Gasteiger partial charge in [0.25, 0.3) is 0 Å². The molecule has 0 aromatic carbocycles. The molecule has 2 saturated heterocycles. The Morgan fingerprint density at radius 1 is 1.33 bits per heavy atom. The molecule has 3 unspecified atom stereocenters. The number of sulfonamides is 1. The molecule has 2 rings (SSSR count). The van der Waals surface area contributed by atoms with Crippen molar-refractivity contribution in [2.45, 2.75) is 45.0 Å². The van der Waals surface area contributed by atoms with Crippen molar-refractivity contribution in [2.75, 3.05) is 38.5 Å². The molecule has 0 spiro atoms. The number of hydrogen-bond acceptors (Lipinski definition) is 5. The lowest BCUT2D eigenvalue weighted by atomic mass is 10.2. The summed E-state index contributed by atoms with van der Waals surface area (Å²) >= 11 is 0. The lowest BCUT2D eigenvalue weighted by Crippen LogP contribution is -2.50. The second-order valence-corrected chi connectivity index (χ2v) is 8.27. The number of morpholine rings is 1. The van der Waals surface area contributed by atoms with E-state index in [1.54, 1.807) is 0 Å². The van der Waals surface area contributed by atoms with E-state index in [1.165, 1.54) is 4.31 Å². The molecule has 0 aliphatic carbocycles. The molecule has 0 bridgehead atoms. The molecule has 2 fully saturated rings. The maximum Gasteiger partial charge on any atom is 0.216 e. The zero-order valence-corrected chi connectivity index (χ0v) is 17.5. The van der Waals surface area contributed by atoms with Crippen LogP contribution in [-0.4, -0.2) is 75.5 Å². The third-order valence-corrected chi connectivity index (χ3v) is 5.74. The third kappa shape index (κ3) is 6.98. The standard InChI is InChI=1S/C14H28N4O4S.HI/c1-11-9-18(10-12(2)22-11)23(19,20)7-5-16-14(15)17-8-13-4-3-6-21-13;/h11-13H,3-10H2,1-2H3,(H3,15,16,17);1H. The Hall–Kier alpha value is -0.170. The zero-order chi connectivity index (χ0) is 16.9. The molecule has 3 atom stereocenters. The van der Waals surface area contributed by atoms with E-state index in [0.717, 1.165) is 19.4 Å². The summed E-state index contributed by atoms with van der Waals surface area (Å²) in [5.41, 5.74) is 5.76. The first-order valence-electron chi connectivity index (χ1n) is 8.15. The first kappa shape index (κ1) is 21.9. The fraction of sp³-hybridized carbons (Fsp3) is 0.929. The van der Waals surface area contributed by atoms with Crippen LogP contribution in [0.2, 0.25) is 0 Å². The molecule has 8 nitrogen and oxygen atoms in total. The van der Waals surface area contributed by atoms with Crippen molar-refractivity contribution in [3.05, 3.63) is 0 Å². The van der Waals surface area contributed by atoms with Crippen LogP contribution in [0.15, 0.2) is 4.99 Å². The summed E-state index contributed by atoms with van der Waals surface area (Å²) in [4.78, 5) is 4.19. The topological polar surface area (TPSA) is 106 Å². The highest BCUT2D eigenvalue weighted by molar-refractivity contribution is 14.0. The van der Waals surface area contributed by atoms with E-state index in [-0.39, 0.29) is 60.5 Å². The molecule has 142 valence electrons. The largest absolute Gasteiger partial charge is 0.376 e. The summed E-state index contributed by atoms with van der Waals surface area (Å²) < 4.78 is 37.2. The molecule has 0 radical (unpaired) electrons. The quantitative estimate of drug-likeness (QED) is 0.321. The Kier molecular flexibility index (Phi) is 9.20. The van der Waals surface area contributed by atoms with Crippen molar-refractivity contribution in [1.29, 1.82) is 0 Å². The number of nitrogens with one attached hydrogen (secondary N) is 1. The predicted octanol–water partition coefficient (Wildman–Crippen LogP) is 0.127. The lowest BCUT2D eigenvalue weighted by Gasteiger charge is -2.34. The lowest BCUT2D eigenvalue weighted by molar-refractivity contribution is -0.0440. The van der Waals surface area contributed by atoms with Crippen LogP contribution < -0.4 is 11.1 Å². The van der Waals surface area contributed by atoms with Gasteiger partial charge in [0.15, 0.2) is 5.96 Å². The Balaban J connectivity index is 0.00000288. The molecule has 24 heavy (non-hydrogen) atoms. The van der Waals surface area contributed by atoms with Gasteiger partial charge in [-0.05, 0) is 26.7 Å². The number of nitrogens with zero attached hydrogens (tertiary/aromatic N) is 2. The van der Waals surface area contributed by atoms with E-state index in [9.17, 15) is 8.42 Å². The van der Waals surface area contributed by atoms with E-state index in [4.69, 9.17) is 15.2 Å². The monoisotopic (exact) mass is 476 g/mol. The average molecular weight is 476 g/mol. The number of guanidine groups is 1. The maximum atomic E-state index is 12.4. The van der Waals surface area contributed by atoms with Crippen LogP contribution in [0.3, 0.4) is 0 Å². The van der Waals surface area contributed by atoms with Crippen molar-refractivity contribution in [3.63, 3.8) is 0 Å². The van der Waals surface area contributed by atoms with Crippen LogP contribution in [0.4, 0.5) is 0 Å². The Labute approximate surface area is 161 Å². The SMILES string of the molecule is CC1CN(S(=O)(=O)CCNC(N)=NCC2CCCO2)CC(C)O1.I. The molecule has 0 aromatic rings. The van der Waals surface area contributed by atoms with Crippen molar-refractivity contribution >= 4 is 40.0 Å². The van der Waals surface area contributed by atoms with Gasteiger partial charge in [0.2, 0.25) is 10.0 Å². The maximum absolute atomic E-state index is 12.4. The van der Waals surface area contributed by atoms with Gasteiger partial charge in [-0.1, -0.05) is 0 Å². The van der Waals surface area contributed by atoms with Gasteiger partial charge >= 0.3 is 0 Å². The van der Waals surface area contributed by atoms with Gasteiger partial charge < -0.3 is 20.5 Å². The van der Waals surface area contributed by atoms with Crippen LogP contribution in [0.1, 0.15) is 26.7 Å². The number of rotatable bonds is 6. The highest BCUT2D eigenvalue weighted by Crippen LogP contribution is 2.14. The van der Waals surface area contributed by atoms with Gasteiger partial charge in [-0.2, -0.15) is 4.31 Å². The molecule has 0 amide bonds. The molecule has 10 heteroatoms. The normalized spacial score (nSPS) is 29.2. The van der Waals surface area contributed by atoms with E-state index in [0.29, 0.717) is 19.6 Å². The van der Waals surface area contributed by atoms with Crippen molar-refractivity contribution in [3.8, 4) is 0 Å². The van der Waals surface area contributed by atoms with Crippen LogP contribution in [0, 0.1) is 0 Å². The van der Waals surface area contributed by atoms with Gasteiger partial charge in [-0.3, -0.25) is 4.99 Å². The summed E-state index contributed by atoms with van der Waals surface area (Å²) in [5, 5.41) is 2.86. The predicted molar refractivity (Wildman–Crippen MR) is 104 cm³/mol. The third-order valence-electron chi connectivity index (χ3n) is 3.93. The molecular weight excluding hydrogens is 447 g/mol. The fourth-order valence-corrected chi connectivity index (χ4v) is 4.33. The molecular formula is C14H29IN4O4S. The van der Waals surface area contributed by atoms with Crippen LogP contribution in [0.5, 0.6) is 0 Å². The molecule has 0 aromatic heterocycles. The van der Waals surface area contributed by atoms with Gasteiger partial charge in [0, 0.05) is 26.2 Å². The summed E-state index contributed by atoms with van der Waals surface area (Å²) in [6, 6.07) is 0. The number of nitrogens with two attached hydrogens (primary N) is 1. The summed E-state index contributed by atoms with van der Waals surface area (Å²) in [6.07, 6.45) is 2.02. The summed E-state index contributed by atoms with van der Waals surface area (Å²) in [6.45, 7) is 6.10. The Bertz CT molecular complexity index is 501. The first-order valence-corrected chi connectivity index (χ1v) is 9.76. The van der Waals surface area contributed by atoms with E-state index < -0.39 is 10.0 Å². The second kappa shape index (κ2) is 10.1. The highest BCUT2D eigenvalue weighted by Gasteiger charge is 2.30. The fourth-order valence-electron chi connectivity index (χ4n) is 2.84. The Morgan fingerprint density at radius 2 is 2.00 bits per heavy atom. The first-order chi connectivity index (χ1) is 10.9. The molecule has 3 N–H and O–H groups in total. The molecule has 2 heterocycles. The Morgan fingerprint density at radius 3 is 2.58 bits per heavy atom. The van der Waals surface area contributed by atoms with Gasteiger partial charge in [0.1, 0.15) is 0 Å². The molecule has 0 saturated carbocycles. The van der Waals surface area contributed by atoms with Gasteiger partial charge in [-0.15, -0.1) is 24.0 Å². The molecule has 2 aliphatic heterocycles. The number of halogens is 1. The zero-order valence-electron chi connectivity index (χ0n) is 14.3. The number of ether oxygens (including phenoxy) is 2. The van der Waals surface area contributed by atoms with Gasteiger partial charge in [-0.25, -0.2) is 8.42 Å². The average Bonchev–Trinajstić information content (AvgIpc) is 2.97. The van der Waals surface area contributed by atoms with Crippen LogP contribution in [-0.2, 0) is 19.5 Å². The minimum Gasteiger partial charge on any atom is -0.376 e. The highest BCUT2D eigenvalue weighted by atomic mass is 127. The molecule has 2 aliphatic rings. The minimum atomic E-state index is -3.32. The summed E-state index contributed by atoms with van der Waals surface area (Å²) in [5.74, 6) is 0.252. The second-order valence-electron chi connectivity index (χ2n) is 6.18. The van der Waals surface area contributed by atoms with E-state index in [2.05, 4.69) is 10.3 Å². The summed E-state index contributed by atoms with van der Waals surface area (Å²) in [7, 11) is -3.32. The van der Waals surface area contributed by atoms with Crippen molar-refractivity contribution in [2.24, 2.45) is 10.7 Å². The minimum absolute atomic E-state index is 0. The van der Waals surface area contributed by atoms with Crippen molar-refractivity contribution < 1.29 is 17.9 Å².